The van der Waals surface area contributed by atoms with Crippen molar-refractivity contribution in [3.05, 3.63) is 59.7 Å². The Morgan fingerprint density at radius 3 is 2.34 bits per heavy atom. The molecule has 1 heterocycles. The minimum atomic E-state index is -0.753. The van der Waals surface area contributed by atoms with Crippen LogP contribution in [0.1, 0.15) is 56.0 Å². The molecule has 0 radical (unpaired) electrons. The van der Waals surface area contributed by atoms with Crippen molar-refractivity contribution >= 4 is 35.1 Å². The predicted molar refractivity (Wildman–Crippen MR) is 122 cm³/mol. The average Bonchev–Trinajstić information content (AvgIpc) is 2.74. The highest BCUT2D eigenvalue weighted by Gasteiger charge is 2.42. The molecular weight excluding hydrogens is 408 g/mol. The van der Waals surface area contributed by atoms with Crippen LogP contribution in [0.25, 0.3) is 0 Å². The van der Waals surface area contributed by atoms with Gasteiger partial charge in [0.15, 0.2) is 0 Å². The molecule has 32 heavy (non-hydrogen) atoms. The zero-order chi connectivity index (χ0) is 23.3. The van der Waals surface area contributed by atoms with Gasteiger partial charge in [0, 0.05) is 18.2 Å². The largest absolute Gasteiger partial charge is 0.336 e. The van der Waals surface area contributed by atoms with Crippen LogP contribution in [-0.2, 0) is 15.0 Å². The summed E-state index contributed by atoms with van der Waals surface area (Å²) in [4.78, 5) is 49.0. The number of hydrogen-bond donors (Lipinski definition) is 4. The van der Waals surface area contributed by atoms with Crippen molar-refractivity contribution in [2.75, 3.05) is 10.6 Å². The number of anilines is 2. The average molecular weight is 437 g/mol. The van der Waals surface area contributed by atoms with Gasteiger partial charge in [0.2, 0.25) is 11.8 Å². The maximum absolute atomic E-state index is 12.8. The Morgan fingerprint density at radius 1 is 1.03 bits per heavy atom. The molecule has 0 saturated carbocycles. The molecule has 2 aromatic rings. The predicted octanol–water partition coefficient (Wildman–Crippen LogP) is 3.55. The molecule has 0 spiro atoms. The van der Waals surface area contributed by atoms with E-state index in [9.17, 15) is 19.2 Å². The lowest BCUT2D eigenvalue weighted by Gasteiger charge is -2.35. The normalized spacial score (nSPS) is 18.1. The van der Waals surface area contributed by atoms with Crippen LogP contribution in [0.4, 0.5) is 16.2 Å². The molecule has 1 saturated heterocycles. The van der Waals surface area contributed by atoms with E-state index in [1.165, 1.54) is 0 Å². The number of hydrogen-bond acceptors (Lipinski definition) is 4. The summed E-state index contributed by atoms with van der Waals surface area (Å²) >= 11 is 0. The summed E-state index contributed by atoms with van der Waals surface area (Å²) in [6, 6.07) is 13.4. The number of benzene rings is 2. The van der Waals surface area contributed by atoms with Gasteiger partial charge in [-0.05, 0) is 56.5 Å². The lowest BCUT2D eigenvalue weighted by Crippen LogP contribution is -2.51. The highest BCUT2D eigenvalue weighted by atomic mass is 16.2. The van der Waals surface area contributed by atoms with Crippen LogP contribution in [0.3, 0.4) is 0 Å². The zero-order valence-electron chi connectivity index (χ0n) is 18.5. The fourth-order valence-corrected chi connectivity index (χ4v) is 3.85. The molecule has 2 aromatic carbocycles. The molecule has 4 N–H and O–H groups in total. The second kappa shape index (κ2) is 9.64. The monoisotopic (exact) mass is 436 g/mol. The van der Waals surface area contributed by atoms with Gasteiger partial charge < -0.3 is 16.0 Å². The number of carbonyl (C=O) groups excluding carboxylic acids is 4. The molecule has 168 valence electrons. The smallest absolute Gasteiger partial charge is 0.319 e. The molecule has 5 amide bonds. The topological polar surface area (TPSA) is 116 Å². The molecule has 1 aliphatic rings. The number of para-hydroxylation sites is 1. The fraction of sp³-hybridized carbons (Fsp3) is 0.333. The second-order valence-electron chi connectivity index (χ2n) is 8.14. The molecule has 1 aliphatic heterocycles. The number of amides is 5. The maximum atomic E-state index is 12.8. The zero-order valence-corrected chi connectivity index (χ0v) is 18.5. The van der Waals surface area contributed by atoms with E-state index in [4.69, 9.17) is 0 Å². The lowest BCUT2D eigenvalue weighted by molar-refractivity contribution is -0.138. The van der Waals surface area contributed by atoms with Gasteiger partial charge in [-0.2, -0.15) is 0 Å². The van der Waals surface area contributed by atoms with E-state index in [0.717, 1.165) is 5.56 Å². The molecule has 0 aliphatic carbocycles. The second-order valence-corrected chi connectivity index (χ2v) is 8.14. The summed E-state index contributed by atoms with van der Waals surface area (Å²) in [7, 11) is 0. The molecular formula is C24H28N4O4. The first-order chi connectivity index (χ1) is 15.2. The van der Waals surface area contributed by atoms with Crippen LogP contribution in [0, 0.1) is 0 Å². The molecule has 1 fully saturated rings. The molecule has 8 nitrogen and oxygen atoms in total. The summed E-state index contributed by atoms with van der Waals surface area (Å²) in [6.45, 7) is 5.61. The molecule has 3 rings (SSSR count). The van der Waals surface area contributed by atoms with E-state index in [0.29, 0.717) is 36.2 Å². The third-order valence-electron chi connectivity index (χ3n) is 5.61. The number of imide groups is 1. The van der Waals surface area contributed by atoms with Gasteiger partial charge >= 0.3 is 6.03 Å². The van der Waals surface area contributed by atoms with Gasteiger partial charge in [-0.25, -0.2) is 4.79 Å². The number of carbonyl (C=O) groups is 4. The highest BCUT2D eigenvalue weighted by Crippen LogP contribution is 2.36. The van der Waals surface area contributed by atoms with E-state index in [1.54, 1.807) is 48.5 Å². The van der Waals surface area contributed by atoms with Crippen molar-refractivity contribution < 1.29 is 19.2 Å². The van der Waals surface area contributed by atoms with E-state index < -0.39 is 11.4 Å². The van der Waals surface area contributed by atoms with Gasteiger partial charge in [-0.3, -0.25) is 19.7 Å². The molecule has 1 unspecified atom stereocenters. The number of rotatable bonds is 6. The van der Waals surface area contributed by atoms with E-state index >= 15 is 0 Å². The molecule has 1 atom stereocenters. The minimum absolute atomic E-state index is 0.0368. The number of urea groups is 1. The van der Waals surface area contributed by atoms with Crippen molar-refractivity contribution in [1.29, 1.82) is 0 Å². The Bertz CT molecular complexity index is 1030. The highest BCUT2D eigenvalue weighted by molar-refractivity contribution is 6.10. The van der Waals surface area contributed by atoms with Crippen LogP contribution in [0.5, 0.6) is 0 Å². The van der Waals surface area contributed by atoms with E-state index in [1.807, 2.05) is 20.8 Å². The standard InChI is InChI=1S/C24H28N4O4/c1-4-24(14-13-20(29)28-22(24)31)16-9-11-17(12-10-16)26-21(30)18-7-5-6-8-19(18)27-23(32)25-15(2)3/h5-12,15H,4,13-14H2,1-3H3,(H,26,30)(H2,25,27,32)(H,28,29,31). The van der Waals surface area contributed by atoms with Crippen molar-refractivity contribution in [3.63, 3.8) is 0 Å². The Morgan fingerprint density at radius 2 is 1.72 bits per heavy atom. The molecule has 8 heteroatoms. The van der Waals surface area contributed by atoms with Crippen molar-refractivity contribution in [3.8, 4) is 0 Å². The molecule has 0 bridgehead atoms. The Hall–Kier alpha value is -3.68. The Kier molecular flexibility index (Phi) is 6.92. The van der Waals surface area contributed by atoms with Crippen molar-refractivity contribution in [1.82, 2.24) is 10.6 Å². The van der Waals surface area contributed by atoms with Gasteiger partial charge in [0.1, 0.15) is 0 Å². The number of piperidine rings is 1. The van der Waals surface area contributed by atoms with Crippen LogP contribution in [-0.4, -0.2) is 29.8 Å². The van der Waals surface area contributed by atoms with Crippen LogP contribution in [0.2, 0.25) is 0 Å². The van der Waals surface area contributed by atoms with Crippen molar-refractivity contribution in [2.45, 2.75) is 51.5 Å². The Balaban J connectivity index is 1.75. The van der Waals surface area contributed by atoms with E-state index in [-0.39, 0.29) is 23.8 Å². The quantitative estimate of drug-likeness (QED) is 0.518. The summed E-state index contributed by atoms with van der Waals surface area (Å²) in [5, 5.41) is 10.7. The maximum Gasteiger partial charge on any atom is 0.319 e. The van der Waals surface area contributed by atoms with E-state index in [2.05, 4.69) is 21.3 Å². The minimum Gasteiger partial charge on any atom is -0.336 e. The number of nitrogens with one attached hydrogen (secondary N) is 4. The third kappa shape index (κ3) is 4.96. The summed E-state index contributed by atoms with van der Waals surface area (Å²) in [5.41, 5.74) is 1.32. The first-order valence-corrected chi connectivity index (χ1v) is 10.7. The van der Waals surface area contributed by atoms with Crippen LogP contribution < -0.4 is 21.3 Å². The Labute approximate surface area is 187 Å². The van der Waals surface area contributed by atoms with Gasteiger partial charge in [-0.15, -0.1) is 0 Å². The lowest BCUT2D eigenvalue weighted by atomic mass is 9.72. The van der Waals surface area contributed by atoms with Crippen LogP contribution >= 0.6 is 0 Å². The van der Waals surface area contributed by atoms with Crippen molar-refractivity contribution in [2.24, 2.45) is 0 Å². The third-order valence-corrected chi connectivity index (χ3v) is 5.61. The summed E-state index contributed by atoms with van der Waals surface area (Å²) in [5.74, 6) is -0.908. The van der Waals surface area contributed by atoms with Gasteiger partial charge in [-0.1, -0.05) is 31.2 Å². The van der Waals surface area contributed by atoms with Crippen LogP contribution in [0.15, 0.2) is 48.5 Å². The van der Waals surface area contributed by atoms with Gasteiger partial charge in [0.05, 0.1) is 16.7 Å². The SMILES string of the molecule is CCC1(c2ccc(NC(=O)c3ccccc3NC(=O)NC(C)C)cc2)CCC(=O)NC1=O. The van der Waals surface area contributed by atoms with Gasteiger partial charge in [0.25, 0.3) is 5.91 Å². The summed E-state index contributed by atoms with van der Waals surface area (Å²) in [6.07, 6.45) is 1.32. The summed E-state index contributed by atoms with van der Waals surface area (Å²) < 4.78 is 0. The first kappa shape index (κ1) is 23.0. The fourth-order valence-electron chi connectivity index (χ4n) is 3.85. The molecule has 0 aromatic heterocycles. The first-order valence-electron chi connectivity index (χ1n) is 10.7.